The number of aliphatic hydroxyl groups excluding tert-OH is 1. The topological polar surface area (TPSA) is 57.5 Å². The highest BCUT2D eigenvalue weighted by Crippen LogP contribution is 2.34. The molecular weight excluding hydrogens is 168 g/mol. The molecule has 0 saturated heterocycles. The Morgan fingerprint density at radius 1 is 1.46 bits per heavy atom. The van der Waals surface area contributed by atoms with Crippen LogP contribution in [0.1, 0.15) is 39.0 Å². The summed E-state index contributed by atoms with van der Waals surface area (Å²) in [6.45, 7) is 2.07. The van der Waals surface area contributed by atoms with Crippen molar-refractivity contribution in [3.8, 4) is 0 Å². The highest BCUT2D eigenvalue weighted by molar-refractivity contribution is 5.72. The Bertz CT molecular complexity index is 179. The molecule has 0 radical (unpaired) electrons. The number of rotatable bonds is 3. The molecule has 0 bridgehead atoms. The predicted octanol–water partition coefficient (Wildman–Crippen LogP) is 1.65. The summed E-state index contributed by atoms with van der Waals surface area (Å²) >= 11 is 0. The molecule has 76 valence electrons. The zero-order chi connectivity index (χ0) is 9.84. The smallest absolute Gasteiger partial charge is 0.332 e. The van der Waals surface area contributed by atoms with E-state index < -0.39 is 12.1 Å². The molecule has 3 atom stereocenters. The van der Waals surface area contributed by atoms with Gasteiger partial charge in [0.15, 0.2) is 6.10 Å². The number of hydrogen-bond acceptors (Lipinski definition) is 2. The molecule has 0 heterocycles. The number of hydrogen-bond donors (Lipinski definition) is 2. The molecule has 0 aliphatic heterocycles. The van der Waals surface area contributed by atoms with Crippen LogP contribution in [-0.4, -0.2) is 22.3 Å². The zero-order valence-corrected chi connectivity index (χ0v) is 8.07. The van der Waals surface area contributed by atoms with Crippen LogP contribution in [0.25, 0.3) is 0 Å². The van der Waals surface area contributed by atoms with Gasteiger partial charge in [-0.3, -0.25) is 0 Å². The number of aliphatic hydroxyl groups is 1. The third kappa shape index (κ3) is 2.44. The van der Waals surface area contributed by atoms with Crippen molar-refractivity contribution in [1.82, 2.24) is 0 Å². The maximum Gasteiger partial charge on any atom is 0.332 e. The minimum Gasteiger partial charge on any atom is -0.479 e. The van der Waals surface area contributed by atoms with Gasteiger partial charge in [-0.15, -0.1) is 0 Å². The summed E-state index contributed by atoms with van der Waals surface area (Å²) in [5.41, 5.74) is 0. The van der Waals surface area contributed by atoms with Gasteiger partial charge in [0.2, 0.25) is 0 Å². The molecule has 0 aromatic rings. The lowest BCUT2D eigenvalue weighted by Gasteiger charge is -2.32. The van der Waals surface area contributed by atoms with Crippen molar-refractivity contribution in [2.45, 2.75) is 45.1 Å². The third-order valence-corrected chi connectivity index (χ3v) is 3.15. The van der Waals surface area contributed by atoms with Gasteiger partial charge < -0.3 is 10.2 Å². The van der Waals surface area contributed by atoms with E-state index in [0.29, 0.717) is 5.92 Å². The zero-order valence-electron chi connectivity index (χ0n) is 8.07. The summed E-state index contributed by atoms with van der Waals surface area (Å²) in [5, 5.41) is 18.2. The molecule has 2 N–H and O–H groups in total. The van der Waals surface area contributed by atoms with Gasteiger partial charge in [0, 0.05) is 0 Å². The fraction of sp³-hybridized carbons (Fsp3) is 0.900. The van der Waals surface area contributed by atoms with E-state index in [2.05, 4.69) is 6.92 Å². The highest BCUT2D eigenvalue weighted by atomic mass is 16.4. The average Bonchev–Trinajstić information content (AvgIpc) is 2.16. The third-order valence-electron chi connectivity index (χ3n) is 3.15. The minimum absolute atomic E-state index is 0.0174. The van der Waals surface area contributed by atoms with Crippen LogP contribution in [0.15, 0.2) is 0 Å². The summed E-state index contributed by atoms with van der Waals surface area (Å²) in [4.78, 5) is 10.6. The second-order valence-electron chi connectivity index (χ2n) is 3.90. The average molecular weight is 186 g/mol. The van der Waals surface area contributed by atoms with Gasteiger partial charge in [0.05, 0.1) is 0 Å². The van der Waals surface area contributed by atoms with Crippen molar-refractivity contribution in [1.29, 1.82) is 0 Å². The van der Waals surface area contributed by atoms with E-state index in [0.717, 1.165) is 25.7 Å². The minimum atomic E-state index is -1.15. The van der Waals surface area contributed by atoms with Gasteiger partial charge in [-0.05, 0) is 18.3 Å². The van der Waals surface area contributed by atoms with Crippen LogP contribution < -0.4 is 0 Å². The van der Waals surface area contributed by atoms with E-state index in [9.17, 15) is 9.90 Å². The van der Waals surface area contributed by atoms with Crippen LogP contribution in [0.5, 0.6) is 0 Å². The summed E-state index contributed by atoms with van der Waals surface area (Å²) in [5.74, 6) is -0.679. The first-order chi connectivity index (χ1) is 6.16. The molecule has 1 fully saturated rings. The quantitative estimate of drug-likeness (QED) is 0.704. The molecule has 1 aliphatic rings. The molecule has 13 heavy (non-hydrogen) atoms. The first-order valence-corrected chi connectivity index (χ1v) is 5.07. The SMILES string of the molecule is CCC1CCCCC1C(O)C(=O)O. The molecule has 1 saturated carbocycles. The van der Waals surface area contributed by atoms with Crippen LogP contribution in [0.2, 0.25) is 0 Å². The lowest BCUT2D eigenvalue weighted by atomic mass is 9.75. The molecule has 1 rings (SSSR count). The van der Waals surface area contributed by atoms with Gasteiger partial charge in [-0.25, -0.2) is 4.79 Å². The van der Waals surface area contributed by atoms with E-state index in [4.69, 9.17) is 5.11 Å². The Kier molecular flexibility index (Phi) is 3.72. The molecule has 3 unspecified atom stereocenters. The van der Waals surface area contributed by atoms with Crippen LogP contribution in [0, 0.1) is 11.8 Å². The van der Waals surface area contributed by atoms with Crippen molar-refractivity contribution >= 4 is 5.97 Å². The van der Waals surface area contributed by atoms with E-state index in [-0.39, 0.29) is 5.92 Å². The van der Waals surface area contributed by atoms with Crippen molar-refractivity contribution in [3.05, 3.63) is 0 Å². The van der Waals surface area contributed by atoms with E-state index >= 15 is 0 Å². The first-order valence-electron chi connectivity index (χ1n) is 5.07. The summed E-state index contributed by atoms with van der Waals surface area (Å²) in [7, 11) is 0. The largest absolute Gasteiger partial charge is 0.479 e. The normalized spacial score (nSPS) is 31.2. The van der Waals surface area contributed by atoms with Crippen LogP contribution in [-0.2, 0) is 4.79 Å². The van der Waals surface area contributed by atoms with Gasteiger partial charge in [0.1, 0.15) is 0 Å². The molecule has 0 aromatic heterocycles. The standard InChI is InChI=1S/C10H18O3/c1-2-7-5-3-4-6-8(7)9(11)10(12)13/h7-9,11H,2-6H2,1H3,(H,12,13). The fourth-order valence-corrected chi connectivity index (χ4v) is 2.34. The Balaban J connectivity index is 2.58. The maximum atomic E-state index is 10.6. The van der Waals surface area contributed by atoms with Gasteiger partial charge in [-0.1, -0.05) is 32.6 Å². The van der Waals surface area contributed by atoms with Crippen LogP contribution >= 0.6 is 0 Å². The summed E-state index contributed by atoms with van der Waals surface area (Å²) < 4.78 is 0. The van der Waals surface area contributed by atoms with Crippen molar-refractivity contribution < 1.29 is 15.0 Å². The number of carboxylic acids is 1. The molecule has 0 spiro atoms. The molecule has 3 heteroatoms. The number of carbonyl (C=O) groups is 1. The number of aliphatic carboxylic acids is 1. The molecule has 0 aromatic carbocycles. The number of carboxylic acid groups (broad SMARTS) is 1. The lowest BCUT2D eigenvalue weighted by molar-refractivity contribution is -0.151. The maximum absolute atomic E-state index is 10.6. The van der Waals surface area contributed by atoms with Crippen LogP contribution in [0.4, 0.5) is 0 Å². The lowest BCUT2D eigenvalue weighted by Crippen LogP contribution is -2.36. The highest BCUT2D eigenvalue weighted by Gasteiger charge is 2.33. The Morgan fingerprint density at radius 2 is 2.08 bits per heavy atom. The second-order valence-corrected chi connectivity index (χ2v) is 3.90. The van der Waals surface area contributed by atoms with Crippen molar-refractivity contribution in [3.63, 3.8) is 0 Å². The summed E-state index contributed by atoms with van der Waals surface area (Å²) in [6.07, 6.45) is 4.02. The summed E-state index contributed by atoms with van der Waals surface area (Å²) in [6, 6.07) is 0. The van der Waals surface area contributed by atoms with Gasteiger partial charge in [0.25, 0.3) is 0 Å². The second kappa shape index (κ2) is 4.61. The monoisotopic (exact) mass is 186 g/mol. The molecule has 3 nitrogen and oxygen atoms in total. The molecular formula is C10H18O3. The first kappa shape index (κ1) is 10.5. The molecule has 0 amide bonds. The van der Waals surface area contributed by atoms with E-state index in [1.54, 1.807) is 0 Å². The van der Waals surface area contributed by atoms with Gasteiger partial charge in [-0.2, -0.15) is 0 Å². The fourth-order valence-electron chi connectivity index (χ4n) is 2.34. The van der Waals surface area contributed by atoms with E-state index in [1.807, 2.05) is 0 Å². The van der Waals surface area contributed by atoms with Crippen molar-refractivity contribution in [2.75, 3.05) is 0 Å². The molecule has 1 aliphatic carbocycles. The Hall–Kier alpha value is -0.570. The predicted molar refractivity (Wildman–Crippen MR) is 49.4 cm³/mol. The Morgan fingerprint density at radius 3 is 2.62 bits per heavy atom. The van der Waals surface area contributed by atoms with Gasteiger partial charge >= 0.3 is 5.97 Å². The van der Waals surface area contributed by atoms with Crippen molar-refractivity contribution in [2.24, 2.45) is 11.8 Å². The Labute approximate surface area is 78.8 Å². The van der Waals surface area contributed by atoms with E-state index in [1.165, 1.54) is 6.42 Å². The van der Waals surface area contributed by atoms with Crippen LogP contribution in [0.3, 0.4) is 0 Å².